The van der Waals surface area contributed by atoms with Crippen LogP contribution in [0.1, 0.15) is 5.56 Å². The Morgan fingerprint density at radius 3 is 2.92 bits per heavy atom. The molecule has 2 aromatic rings. The van der Waals surface area contributed by atoms with Gasteiger partial charge in [-0.1, -0.05) is 12.1 Å². The van der Waals surface area contributed by atoms with Gasteiger partial charge in [0.25, 0.3) is 0 Å². The Bertz CT molecular complexity index is 408. The fraction of sp³-hybridized carbons (Fsp3) is 0.111. The van der Waals surface area contributed by atoms with E-state index < -0.39 is 0 Å². The van der Waals surface area contributed by atoms with Crippen LogP contribution in [0.25, 0.3) is 10.1 Å². The van der Waals surface area contributed by atoms with Gasteiger partial charge in [-0.15, -0.1) is 11.3 Å². The molecule has 0 aliphatic rings. The summed E-state index contributed by atoms with van der Waals surface area (Å²) in [6, 6.07) is 7.81. The topological polar surface area (TPSA) is 46.2 Å². The Labute approximate surface area is 74.3 Å². The Morgan fingerprint density at radius 2 is 2.17 bits per heavy atom. The summed E-state index contributed by atoms with van der Waals surface area (Å²) in [5.41, 5.74) is 6.57. The first kappa shape index (κ1) is 7.58. The Kier molecular flexibility index (Phi) is 1.75. The van der Waals surface area contributed by atoms with Gasteiger partial charge in [0.2, 0.25) is 0 Å². The Balaban J connectivity index is 2.66. The zero-order chi connectivity index (χ0) is 8.55. The highest BCUT2D eigenvalue weighted by Gasteiger charge is 1.98. The first-order chi connectivity index (χ1) is 5.79. The van der Waals surface area contributed by atoms with E-state index in [1.54, 1.807) is 11.3 Å². The second-order valence-electron chi connectivity index (χ2n) is 2.68. The van der Waals surface area contributed by atoms with Crippen LogP contribution in [0, 0.1) is 0 Å². The highest BCUT2D eigenvalue weighted by Crippen LogP contribution is 2.27. The molecule has 0 saturated heterocycles. The smallest absolute Gasteiger partial charge is 0.0868 e. The third-order valence-corrected chi connectivity index (χ3v) is 2.71. The summed E-state index contributed by atoms with van der Waals surface area (Å²) in [6.07, 6.45) is 0. The summed E-state index contributed by atoms with van der Waals surface area (Å²) in [6.45, 7) is 0.0910. The number of hydrogen-bond donors (Lipinski definition) is 2. The van der Waals surface area contributed by atoms with Crippen LogP contribution in [0.5, 0.6) is 0 Å². The molecule has 3 N–H and O–H groups in total. The number of thiophene rings is 1. The van der Waals surface area contributed by atoms with Gasteiger partial charge in [0.05, 0.1) is 11.6 Å². The van der Waals surface area contributed by atoms with Gasteiger partial charge in [0, 0.05) is 4.70 Å². The molecule has 0 fully saturated rings. The van der Waals surface area contributed by atoms with Crippen LogP contribution < -0.4 is 5.73 Å². The average molecular weight is 179 g/mol. The number of fused-ring (bicyclic) bond motifs is 1. The molecular weight excluding hydrogens is 170 g/mol. The minimum absolute atomic E-state index is 0.0910. The quantitative estimate of drug-likeness (QED) is 0.703. The maximum absolute atomic E-state index is 8.88. The molecule has 1 aromatic heterocycles. The largest absolute Gasteiger partial charge is 0.392 e. The van der Waals surface area contributed by atoms with Crippen molar-refractivity contribution < 1.29 is 5.11 Å². The summed E-state index contributed by atoms with van der Waals surface area (Å²) >= 11 is 1.55. The van der Waals surface area contributed by atoms with Crippen molar-refractivity contribution in [2.75, 3.05) is 5.73 Å². The zero-order valence-corrected chi connectivity index (χ0v) is 7.27. The lowest BCUT2D eigenvalue weighted by molar-refractivity contribution is 0.282. The van der Waals surface area contributed by atoms with E-state index in [-0.39, 0.29) is 6.61 Å². The van der Waals surface area contributed by atoms with Gasteiger partial charge in [-0.25, -0.2) is 0 Å². The summed E-state index contributed by atoms with van der Waals surface area (Å²) in [5, 5.41) is 10.8. The van der Waals surface area contributed by atoms with E-state index in [1.165, 1.54) is 0 Å². The molecule has 0 radical (unpaired) electrons. The molecule has 0 bridgehead atoms. The van der Waals surface area contributed by atoms with Gasteiger partial charge in [0.15, 0.2) is 0 Å². The summed E-state index contributed by atoms with van der Waals surface area (Å²) in [5.74, 6) is 0. The molecule has 0 atom stereocenters. The number of hydrogen-bond acceptors (Lipinski definition) is 3. The minimum atomic E-state index is 0.0910. The van der Waals surface area contributed by atoms with E-state index in [0.717, 1.165) is 20.7 Å². The van der Waals surface area contributed by atoms with Crippen LogP contribution in [0.15, 0.2) is 24.3 Å². The molecule has 0 aliphatic carbocycles. The first-order valence-electron chi connectivity index (χ1n) is 3.68. The van der Waals surface area contributed by atoms with Crippen molar-refractivity contribution in [3.05, 3.63) is 29.8 Å². The monoisotopic (exact) mass is 179 g/mol. The SMILES string of the molecule is Nc1cc2ccc(CO)cc2s1. The minimum Gasteiger partial charge on any atom is -0.392 e. The fourth-order valence-electron chi connectivity index (χ4n) is 1.19. The van der Waals surface area contributed by atoms with E-state index >= 15 is 0 Å². The van der Waals surface area contributed by atoms with Crippen molar-refractivity contribution >= 4 is 26.4 Å². The second kappa shape index (κ2) is 2.77. The van der Waals surface area contributed by atoms with Crippen molar-refractivity contribution in [2.24, 2.45) is 0 Å². The van der Waals surface area contributed by atoms with Crippen molar-refractivity contribution in [1.82, 2.24) is 0 Å². The molecular formula is C9H9NOS. The van der Waals surface area contributed by atoms with Crippen molar-refractivity contribution in [3.63, 3.8) is 0 Å². The van der Waals surface area contributed by atoms with Crippen LogP contribution in [-0.2, 0) is 6.61 Å². The van der Waals surface area contributed by atoms with Gasteiger partial charge in [0.1, 0.15) is 0 Å². The van der Waals surface area contributed by atoms with Gasteiger partial charge in [-0.2, -0.15) is 0 Å². The molecule has 1 aromatic carbocycles. The second-order valence-corrected chi connectivity index (χ2v) is 3.79. The lowest BCUT2D eigenvalue weighted by Crippen LogP contribution is -1.79. The van der Waals surface area contributed by atoms with Gasteiger partial charge >= 0.3 is 0 Å². The molecule has 0 unspecified atom stereocenters. The number of aliphatic hydroxyl groups is 1. The van der Waals surface area contributed by atoms with Gasteiger partial charge < -0.3 is 10.8 Å². The summed E-state index contributed by atoms with van der Waals surface area (Å²) in [4.78, 5) is 0. The highest BCUT2D eigenvalue weighted by atomic mass is 32.1. The average Bonchev–Trinajstić information content (AvgIpc) is 2.43. The van der Waals surface area contributed by atoms with E-state index in [9.17, 15) is 0 Å². The maximum Gasteiger partial charge on any atom is 0.0868 e. The standard InChI is InChI=1S/C9H9NOS/c10-9-4-7-2-1-6(5-11)3-8(7)12-9/h1-4,11H,5,10H2. The number of benzene rings is 1. The zero-order valence-electron chi connectivity index (χ0n) is 6.45. The molecule has 1 heterocycles. The molecule has 0 amide bonds. The number of rotatable bonds is 1. The third kappa shape index (κ3) is 1.17. The van der Waals surface area contributed by atoms with Crippen molar-refractivity contribution in [1.29, 1.82) is 0 Å². The molecule has 2 nitrogen and oxygen atoms in total. The van der Waals surface area contributed by atoms with Gasteiger partial charge in [-0.05, 0) is 23.1 Å². The molecule has 2 rings (SSSR count). The predicted octanol–water partition coefficient (Wildman–Crippen LogP) is 1.98. The summed E-state index contributed by atoms with van der Waals surface area (Å²) < 4.78 is 1.14. The Hall–Kier alpha value is -1.06. The third-order valence-electron chi connectivity index (χ3n) is 1.79. The number of aliphatic hydroxyl groups excluding tert-OH is 1. The van der Waals surface area contributed by atoms with Crippen LogP contribution in [0.4, 0.5) is 5.00 Å². The first-order valence-corrected chi connectivity index (χ1v) is 4.50. The molecule has 0 aliphatic heterocycles. The predicted molar refractivity (Wildman–Crippen MR) is 52.2 cm³/mol. The molecule has 3 heteroatoms. The maximum atomic E-state index is 8.88. The van der Waals surface area contributed by atoms with E-state index in [0.29, 0.717) is 0 Å². The van der Waals surface area contributed by atoms with Crippen molar-refractivity contribution in [3.8, 4) is 0 Å². The van der Waals surface area contributed by atoms with Gasteiger partial charge in [-0.3, -0.25) is 0 Å². The van der Waals surface area contributed by atoms with E-state index in [1.807, 2.05) is 24.3 Å². The molecule has 12 heavy (non-hydrogen) atoms. The molecule has 62 valence electrons. The van der Waals surface area contributed by atoms with Crippen molar-refractivity contribution in [2.45, 2.75) is 6.61 Å². The van der Waals surface area contributed by atoms with Crippen LogP contribution in [0.2, 0.25) is 0 Å². The highest BCUT2D eigenvalue weighted by molar-refractivity contribution is 7.22. The lowest BCUT2D eigenvalue weighted by atomic mass is 10.2. The fourth-order valence-corrected chi connectivity index (χ4v) is 2.09. The van der Waals surface area contributed by atoms with Crippen LogP contribution in [0.3, 0.4) is 0 Å². The number of anilines is 1. The Morgan fingerprint density at radius 1 is 1.33 bits per heavy atom. The van der Waals surface area contributed by atoms with E-state index in [2.05, 4.69) is 0 Å². The molecule has 0 saturated carbocycles. The normalized spacial score (nSPS) is 10.8. The lowest BCUT2D eigenvalue weighted by Gasteiger charge is -1.93. The molecule has 0 spiro atoms. The number of nitrogens with two attached hydrogens (primary N) is 1. The summed E-state index contributed by atoms with van der Waals surface area (Å²) in [7, 11) is 0. The van der Waals surface area contributed by atoms with Crippen LogP contribution in [-0.4, -0.2) is 5.11 Å². The number of nitrogen functional groups attached to an aromatic ring is 1. The van der Waals surface area contributed by atoms with E-state index in [4.69, 9.17) is 10.8 Å². The van der Waals surface area contributed by atoms with Crippen LogP contribution >= 0.6 is 11.3 Å².